The van der Waals surface area contributed by atoms with Gasteiger partial charge < -0.3 is 16.0 Å². The van der Waals surface area contributed by atoms with Crippen LogP contribution in [-0.2, 0) is 0 Å². The van der Waals surface area contributed by atoms with E-state index in [1.165, 1.54) is 11.3 Å². The van der Waals surface area contributed by atoms with Gasteiger partial charge in [0.1, 0.15) is 0 Å². The molecule has 1 aliphatic heterocycles. The van der Waals surface area contributed by atoms with E-state index < -0.39 is 0 Å². The highest BCUT2D eigenvalue weighted by atomic mass is 35.5. The highest BCUT2D eigenvalue weighted by Gasteiger charge is 2.22. The molecule has 4 N–H and O–H groups in total. The first-order valence-corrected chi connectivity index (χ1v) is 8.71. The van der Waals surface area contributed by atoms with Gasteiger partial charge in [0.15, 0.2) is 0 Å². The number of piperidine rings is 1. The third-order valence-electron chi connectivity index (χ3n) is 3.91. The first kappa shape index (κ1) is 19.2. The zero-order valence-electron chi connectivity index (χ0n) is 13.6. The van der Waals surface area contributed by atoms with Gasteiger partial charge in [-0.3, -0.25) is 10.1 Å². The fourth-order valence-electron chi connectivity index (χ4n) is 2.57. The van der Waals surface area contributed by atoms with Crippen molar-refractivity contribution in [3.8, 4) is 0 Å². The van der Waals surface area contributed by atoms with E-state index in [2.05, 4.69) is 10.6 Å². The monoisotopic (exact) mass is 380 g/mol. The fourth-order valence-corrected chi connectivity index (χ4v) is 3.44. The van der Waals surface area contributed by atoms with Gasteiger partial charge in [-0.1, -0.05) is 18.2 Å². The Kier molecular flexibility index (Phi) is 6.81. The highest BCUT2D eigenvalue weighted by Crippen LogP contribution is 2.24. The number of nitrogens with two attached hydrogens (primary N) is 1. The lowest BCUT2D eigenvalue weighted by Crippen LogP contribution is -2.42. The number of hydrogen-bond donors (Lipinski definition) is 3. The van der Waals surface area contributed by atoms with Crippen LogP contribution >= 0.6 is 23.7 Å². The number of thiophene rings is 1. The lowest BCUT2D eigenvalue weighted by Gasteiger charge is -2.29. The topological polar surface area (TPSA) is 87.5 Å². The molecule has 3 rings (SSSR count). The van der Waals surface area contributed by atoms with Crippen molar-refractivity contribution in [2.45, 2.75) is 18.9 Å². The molecule has 2 heterocycles. The van der Waals surface area contributed by atoms with Crippen molar-refractivity contribution in [2.75, 3.05) is 23.7 Å². The normalized spacial score (nSPS) is 14.5. The van der Waals surface area contributed by atoms with Crippen LogP contribution in [0, 0.1) is 0 Å². The number of nitrogens with zero attached hydrogens (tertiary/aromatic N) is 1. The molecular formula is C17H21ClN4O2S. The minimum Gasteiger partial charge on any atom is -0.338 e. The van der Waals surface area contributed by atoms with E-state index in [-0.39, 0.29) is 30.4 Å². The molecule has 1 fully saturated rings. The maximum Gasteiger partial charge on any atom is 0.324 e. The second-order valence-corrected chi connectivity index (χ2v) is 6.82. The number of halogens is 1. The van der Waals surface area contributed by atoms with Crippen LogP contribution in [0.2, 0.25) is 0 Å². The molecule has 1 saturated heterocycles. The minimum absolute atomic E-state index is 0. The Morgan fingerprint density at radius 3 is 2.40 bits per heavy atom. The largest absolute Gasteiger partial charge is 0.338 e. The molecule has 8 heteroatoms. The standard InChI is InChI=1S/C17H20N4O2S.ClH/c18-12-8-10-21(11-9-12)16(22)14-6-7-15(24-14)20-17(23)19-13-4-2-1-3-5-13;/h1-7,12H,8-11,18H2,(H2,19,20,23);1H. The van der Waals surface area contributed by atoms with Gasteiger partial charge in [0.05, 0.1) is 9.88 Å². The number of rotatable bonds is 3. The van der Waals surface area contributed by atoms with Gasteiger partial charge >= 0.3 is 6.03 Å². The Morgan fingerprint density at radius 2 is 1.72 bits per heavy atom. The number of urea groups is 1. The Bertz CT molecular complexity index is 714. The Balaban J connectivity index is 0.00000225. The van der Waals surface area contributed by atoms with E-state index in [0.717, 1.165) is 12.8 Å². The molecule has 1 aromatic heterocycles. The predicted molar refractivity (Wildman–Crippen MR) is 104 cm³/mol. The number of nitrogens with one attached hydrogen (secondary N) is 2. The van der Waals surface area contributed by atoms with Crippen molar-refractivity contribution < 1.29 is 9.59 Å². The summed E-state index contributed by atoms with van der Waals surface area (Å²) in [6, 6.07) is 12.6. The first-order valence-electron chi connectivity index (χ1n) is 7.89. The summed E-state index contributed by atoms with van der Waals surface area (Å²) in [4.78, 5) is 26.9. The number of para-hydroxylation sites is 1. The molecule has 25 heavy (non-hydrogen) atoms. The van der Waals surface area contributed by atoms with Crippen molar-refractivity contribution in [2.24, 2.45) is 5.73 Å². The van der Waals surface area contributed by atoms with Crippen LogP contribution in [0.15, 0.2) is 42.5 Å². The molecule has 1 aliphatic rings. The fraction of sp³-hybridized carbons (Fsp3) is 0.294. The molecule has 0 saturated carbocycles. The van der Waals surface area contributed by atoms with E-state index in [1.54, 1.807) is 12.1 Å². The zero-order valence-corrected chi connectivity index (χ0v) is 15.2. The predicted octanol–water partition coefficient (Wildman–Crippen LogP) is 3.38. The molecule has 134 valence electrons. The van der Waals surface area contributed by atoms with Crippen molar-refractivity contribution in [3.05, 3.63) is 47.3 Å². The van der Waals surface area contributed by atoms with E-state index >= 15 is 0 Å². The molecule has 0 aliphatic carbocycles. The van der Waals surface area contributed by atoms with E-state index in [4.69, 9.17) is 5.73 Å². The van der Waals surface area contributed by atoms with Crippen molar-refractivity contribution in [1.29, 1.82) is 0 Å². The van der Waals surface area contributed by atoms with Crippen molar-refractivity contribution >= 4 is 46.4 Å². The summed E-state index contributed by atoms with van der Waals surface area (Å²) >= 11 is 1.28. The average Bonchev–Trinajstić information content (AvgIpc) is 3.04. The molecule has 1 aromatic carbocycles. The first-order chi connectivity index (χ1) is 11.6. The van der Waals surface area contributed by atoms with Gasteiger partial charge in [0, 0.05) is 24.8 Å². The minimum atomic E-state index is -0.328. The number of hydrogen-bond acceptors (Lipinski definition) is 4. The maximum absolute atomic E-state index is 12.5. The summed E-state index contributed by atoms with van der Waals surface area (Å²) in [5, 5.41) is 6.14. The lowest BCUT2D eigenvalue weighted by molar-refractivity contribution is 0.0719. The van der Waals surface area contributed by atoms with Crippen LogP contribution in [0.5, 0.6) is 0 Å². The number of carbonyl (C=O) groups is 2. The molecule has 2 aromatic rings. The lowest BCUT2D eigenvalue weighted by atomic mass is 10.1. The SMILES string of the molecule is Cl.NC1CCN(C(=O)c2ccc(NC(=O)Nc3ccccc3)s2)CC1. The number of amides is 3. The highest BCUT2D eigenvalue weighted by molar-refractivity contribution is 7.18. The molecular weight excluding hydrogens is 360 g/mol. The number of anilines is 2. The van der Waals surface area contributed by atoms with Crippen molar-refractivity contribution in [1.82, 2.24) is 4.90 Å². The van der Waals surface area contributed by atoms with E-state index in [9.17, 15) is 9.59 Å². The maximum atomic E-state index is 12.5. The van der Waals surface area contributed by atoms with Crippen LogP contribution < -0.4 is 16.4 Å². The summed E-state index contributed by atoms with van der Waals surface area (Å²) in [6.45, 7) is 1.38. The molecule has 0 bridgehead atoms. The molecule has 0 atom stereocenters. The molecule has 0 spiro atoms. The summed E-state index contributed by atoms with van der Waals surface area (Å²) in [5.74, 6) is 0.00316. The second-order valence-electron chi connectivity index (χ2n) is 5.74. The second kappa shape index (κ2) is 8.84. The van der Waals surface area contributed by atoms with Crippen LogP contribution in [-0.4, -0.2) is 36.0 Å². The van der Waals surface area contributed by atoms with Gasteiger partial charge in [-0.05, 0) is 37.1 Å². The summed E-state index contributed by atoms with van der Waals surface area (Å²) in [7, 11) is 0. The molecule has 0 unspecified atom stereocenters. The summed E-state index contributed by atoms with van der Waals surface area (Å²) in [5.41, 5.74) is 6.58. The third-order valence-corrected chi connectivity index (χ3v) is 4.90. The average molecular weight is 381 g/mol. The van der Waals surface area contributed by atoms with Gasteiger partial charge in [-0.15, -0.1) is 23.7 Å². The van der Waals surface area contributed by atoms with Crippen LogP contribution in [0.4, 0.5) is 15.5 Å². The van der Waals surface area contributed by atoms with Crippen LogP contribution in [0.1, 0.15) is 22.5 Å². The molecule has 0 radical (unpaired) electrons. The number of carbonyl (C=O) groups excluding carboxylic acids is 2. The smallest absolute Gasteiger partial charge is 0.324 e. The van der Waals surface area contributed by atoms with Gasteiger partial charge in [0.2, 0.25) is 0 Å². The van der Waals surface area contributed by atoms with Gasteiger partial charge in [-0.2, -0.15) is 0 Å². The number of likely N-dealkylation sites (tertiary alicyclic amines) is 1. The summed E-state index contributed by atoms with van der Waals surface area (Å²) in [6.07, 6.45) is 1.67. The Morgan fingerprint density at radius 1 is 1.04 bits per heavy atom. The van der Waals surface area contributed by atoms with Gasteiger partial charge in [-0.25, -0.2) is 4.79 Å². The van der Waals surface area contributed by atoms with Crippen molar-refractivity contribution in [3.63, 3.8) is 0 Å². The Hall–Kier alpha value is -2.09. The van der Waals surface area contributed by atoms with E-state index in [0.29, 0.717) is 28.7 Å². The summed E-state index contributed by atoms with van der Waals surface area (Å²) < 4.78 is 0. The molecule has 3 amide bonds. The number of benzene rings is 1. The van der Waals surface area contributed by atoms with E-state index in [1.807, 2.05) is 35.2 Å². The van der Waals surface area contributed by atoms with Gasteiger partial charge in [0.25, 0.3) is 5.91 Å². The zero-order chi connectivity index (χ0) is 16.9. The van der Waals surface area contributed by atoms with Crippen LogP contribution in [0.25, 0.3) is 0 Å². The quantitative estimate of drug-likeness (QED) is 0.762. The van der Waals surface area contributed by atoms with Crippen LogP contribution in [0.3, 0.4) is 0 Å². The molecule has 6 nitrogen and oxygen atoms in total. The third kappa shape index (κ3) is 5.19. The Labute approximate surface area is 156 Å².